The lowest BCUT2D eigenvalue weighted by atomic mass is 10.1. The number of carbonyl (C=O) groups excluding carboxylic acids is 1. The van der Waals surface area contributed by atoms with Gasteiger partial charge < -0.3 is 13.9 Å². The van der Waals surface area contributed by atoms with E-state index in [9.17, 15) is 4.79 Å². The molecule has 0 bridgehead atoms. The van der Waals surface area contributed by atoms with E-state index in [1.54, 1.807) is 0 Å². The number of carbonyl (C=O) groups is 1. The fourth-order valence-electron chi connectivity index (χ4n) is 3.43. The molecular formula is C26H31NO4. The highest BCUT2D eigenvalue weighted by molar-refractivity contribution is 5.72. The van der Waals surface area contributed by atoms with Gasteiger partial charge in [-0.15, -0.1) is 0 Å². The molecule has 0 saturated carbocycles. The maximum Gasteiger partial charge on any atom is 0.309 e. The van der Waals surface area contributed by atoms with Crippen molar-refractivity contribution >= 4 is 5.97 Å². The first-order valence-electron chi connectivity index (χ1n) is 10.9. The average Bonchev–Trinajstić information content (AvgIpc) is 3.15. The van der Waals surface area contributed by atoms with Gasteiger partial charge in [-0.05, 0) is 55.2 Å². The second-order valence-electron chi connectivity index (χ2n) is 7.67. The Bertz CT molecular complexity index is 975. The minimum Gasteiger partial charge on any atom is -0.493 e. The number of benzene rings is 2. The van der Waals surface area contributed by atoms with Crippen LogP contribution in [-0.4, -0.2) is 24.7 Å². The van der Waals surface area contributed by atoms with Crippen LogP contribution >= 0.6 is 0 Å². The second kappa shape index (κ2) is 11.3. The summed E-state index contributed by atoms with van der Waals surface area (Å²) in [6.07, 6.45) is 5.72. The fraction of sp³-hybridized carbons (Fsp3) is 0.385. The third-order valence-corrected chi connectivity index (χ3v) is 5.24. The number of hydrogen-bond donors (Lipinski definition) is 0. The van der Waals surface area contributed by atoms with Crippen LogP contribution in [0.15, 0.2) is 52.9 Å². The normalized spacial score (nSPS) is 10.8. The lowest BCUT2D eigenvalue weighted by Crippen LogP contribution is -2.06. The van der Waals surface area contributed by atoms with Crippen molar-refractivity contribution in [2.24, 2.45) is 0 Å². The summed E-state index contributed by atoms with van der Waals surface area (Å²) >= 11 is 0. The van der Waals surface area contributed by atoms with Crippen LogP contribution in [0.5, 0.6) is 5.75 Å². The second-order valence-corrected chi connectivity index (χ2v) is 7.67. The van der Waals surface area contributed by atoms with Crippen molar-refractivity contribution in [1.29, 1.82) is 0 Å². The largest absolute Gasteiger partial charge is 0.493 e. The molecule has 5 heteroatoms. The molecule has 3 aromatic rings. The molecule has 0 N–H and O–H groups in total. The molecule has 3 rings (SSSR count). The van der Waals surface area contributed by atoms with Crippen LogP contribution in [0.1, 0.15) is 48.8 Å². The highest BCUT2D eigenvalue weighted by atomic mass is 16.5. The van der Waals surface area contributed by atoms with E-state index in [1.165, 1.54) is 31.9 Å². The molecule has 164 valence electrons. The van der Waals surface area contributed by atoms with Gasteiger partial charge in [0.15, 0.2) is 0 Å². The molecule has 0 spiro atoms. The Balaban J connectivity index is 1.56. The minimum atomic E-state index is -0.267. The Kier molecular flexibility index (Phi) is 8.27. The van der Waals surface area contributed by atoms with Crippen molar-refractivity contribution in [3.05, 3.63) is 71.1 Å². The summed E-state index contributed by atoms with van der Waals surface area (Å²) in [6, 6.07) is 16.0. The summed E-state index contributed by atoms with van der Waals surface area (Å²) in [5, 5.41) is 0. The Morgan fingerprint density at radius 1 is 1.03 bits per heavy atom. The van der Waals surface area contributed by atoms with Gasteiger partial charge in [-0.25, -0.2) is 4.98 Å². The zero-order valence-corrected chi connectivity index (χ0v) is 18.6. The van der Waals surface area contributed by atoms with E-state index in [1.807, 2.05) is 31.2 Å². The number of esters is 1. The summed E-state index contributed by atoms with van der Waals surface area (Å²) < 4.78 is 16.5. The molecule has 2 aromatic carbocycles. The zero-order chi connectivity index (χ0) is 22.1. The molecule has 1 aromatic heterocycles. The number of hydrogen-bond acceptors (Lipinski definition) is 5. The van der Waals surface area contributed by atoms with Crippen LogP contribution in [0.25, 0.3) is 11.5 Å². The molecule has 0 radical (unpaired) electrons. The number of aryl methyl sites for hydroxylation is 2. The maximum atomic E-state index is 11.4. The van der Waals surface area contributed by atoms with Crippen molar-refractivity contribution < 1.29 is 18.7 Å². The minimum absolute atomic E-state index is 0.233. The van der Waals surface area contributed by atoms with Gasteiger partial charge in [-0.2, -0.15) is 0 Å². The molecule has 0 fully saturated rings. The monoisotopic (exact) mass is 421 g/mol. The number of unbranched alkanes of at least 4 members (excludes halogenated alkanes) is 2. The Labute approximate surface area is 184 Å². The third kappa shape index (κ3) is 6.71. The predicted octanol–water partition coefficient (Wildman–Crippen LogP) is 5.72. The van der Waals surface area contributed by atoms with Crippen LogP contribution in [-0.2, 0) is 28.8 Å². The van der Waals surface area contributed by atoms with Crippen molar-refractivity contribution in [3.63, 3.8) is 0 Å². The van der Waals surface area contributed by atoms with Crippen molar-refractivity contribution in [2.45, 2.75) is 52.4 Å². The standard InChI is InChI=1S/C26H31NO4/c1-4-5-6-8-20-11-13-22(14-12-20)26-27-24(19(2)31-26)15-16-30-23-10-7-9-21(17-23)18-25(28)29-3/h7,9-14,17H,4-6,8,15-16,18H2,1-3H3. The van der Waals surface area contributed by atoms with E-state index in [0.29, 0.717) is 18.9 Å². The van der Waals surface area contributed by atoms with E-state index < -0.39 is 0 Å². The molecule has 5 nitrogen and oxygen atoms in total. The smallest absolute Gasteiger partial charge is 0.309 e. The number of aromatic nitrogens is 1. The number of rotatable bonds is 11. The summed E-state index contributed by atoms with van der Waals surface area (Å²) in [5.74, 6) is 1.91. The highest BCUT2D eigenvalue weighted by Gasteiger charge is 2.12. The lowest BCUT2D eigenvalue weighted by Gasteiger charge is -2.07. The summed E-state index contributed by atoms with van der Waals surface area (Å²) in [6.45, 7) is 4.63. The van der Waals surface area contributed by atoms with Crippen LogP contribution in [0.3, 0.4) is 0 Å². The molecule has 1 heterocycles. The summed E-state index contributed by atoms with van der Waals surface area (Å²) in [5.41, 5.74) is 4.10. The van der Waals surface area contributed by atoms with Gasteiger partial charge in [0, 0.05) is 12.0 Å². The number of methoxy groups -OCH3 is 1. The molecule has 0 amide bonds. The van der Waals surface area contributed by atoms with Gasteiger partial charge in [0.2, 0.25) is 5.89 Å². The van der Waals surface area contributed by atoms with Gasteiger partial charge in [0.1, 0.15) is 11.5 Å². The van der Waals surface area contributed by atoms with E-state index in [4.69, 9.17) is 13.9 Å². The topological polar surface area (TPSA) is 61.6 Å². The number of nitrogens with zero attached hydrogens (tertiary/aromatic N) is 1. The molecule has 0 aliphatic carbocycles. The third-order valence-electron chi connectivity index (χ3n) is 5.24. The SMILES string of the molecule is CCCCCc1ccc(-c2nc(CCOc3cccc(CC(=O)OC)c3)c(C)o2)cc1. The molecule has 0 atom stereocenters. The maximum absolute atomic E-state index is 11.4. The first-order chi connectivity index (χ1) is 15.1. The van der Waals surface area contributed by atoms with Crippen molar-refractivity contribution in [3.8, 4) is 17.2 Å². The summed E-state index contributed by atoms with van der Waals surface area (Å²) in [7, 11) is 1.39. The number of oxazole rings is 1. The molecule has 0 aliphatic rings. The van der Waals surface area contributed by atoms with Crippen LogP contribution < -0.4 is 4.74 Å². The van der Waals surface area contributed by atoms with E-state index in [-0.39, 0.29) is 12.4 Å². The molecule has 0 aliphatic heterocycles. The van der Waals surface area contributed by atoms with Crippen molar-refractivity contribution in [2.75, 3.05) is 13.7 Å². The molecule has 31 heavy (non-hydrogen) atoms. The van der Waals surface area contributed by atoms with Gasteiger partial charge in [0.25, 0.3) is 0 Å². The molecule has 0 saturated heterocycles. The van der Waals surface area contributed by atoms with Gasteiger partial charge in [0.05, 0.1) is 25.8 Å². The van der Waals surface area contributed by atoms with Crippen molar-refractivity contribution in [1.82, 2.24) is 4.98 Å². The molecular weight excluding hydrogens is 390 g/mol. The molecule has 0 unspecified atom stereocenters. The quantitative estimate of drug-likeness (QED) is 0.293. The van der Waals surface area contributed by atoms with E-state index in [2.05, 4.69) is 36.2 Å². The Morgan fingerprint density at radius 2 is 1.84 bits per heavy atom. The lowest BCUT2D eigenvalue weighted by molar-refractivity contribution is -0.139. The van der Waals surface area contributed by atoms with Gasteiger partial charge in [-0.1, -0.05) is 44.0 Å². The highest BCUT2D eigenvalue weighted by Crippen LogP contribution is 2.23. The van der Waals surface area contributed by atoms with E-state index in [0.717, 1.165) is 34.8 Å². The Morgan fingerprint density at radius 3 is 2.58 bits per heavy atom. The van der Waals surface area contributed by atoms with Gasteiger partial charge in [-0.3, -0.25) is 4.79 Å². The first kappa shape index (κ1) is 22.6. The van der Waals surface area contributed by atoms with Gasteiger partial charge >= 0.3 is 5.97 Å². The number of ether oxygens (including phenoxy) is 2. The van der Waals surface area contributed by atoms with Crippen LogP contribution in [0.2, 0.25) is 0 Å². The fourth-order valence-corrected chi connectivity index (χ4v) is 3.43. The summed E-state index contributed by atoms with van der Waals surface area (Å²) in [4.78, 5) is 16.1. The van der Waals surface area contributed by atoms with E-state index >= 15 is 0 Å². The Hall–Kier alpha value is -3.08. The first-order valence-corrected chi connectivity index (χ1v) is 10.9. The van der Waals surface area contributed by atoms with Crippen LogP contribution in [0.4, 0.5) is 0 Å². The predicted molar refractivity (Wildman–Crippen MR) is 121 cm³/mol. The van der Waals surface area contributed by atoms with Crippen LogP contribution in [0, 0.1) is 6.92 Å². The zero-order valence-electron chi connectivity index (χ0n) is 18.6. The average molecular weight is 422 g/mol.